The van der Waals surface area contributed by atoms with Crippen LogP contribution in [0.1, 0.15) is 26.3 Å². The molecule has 4 heteroatoms. The molecule has 1 amide bonds. The SMILES string of the molecule is CCc1cccc(OCC(NC(C)C)C(N)=O)c1. The number of carbonyl (C=O) groups excluding carboxylic acids is 1. The molecule has 0 spiro atoms. The second kappa shape index (κ2) is 7.01. The third kappa shape index (κ3) is 4.75. The molecular formula is C14H22N2O2. The van der Waals surface area contributed by atoms with Crippen LogP contribution in [0.2, 0.25) is 0 Å². The molecule has 0 aliphatic rings. The van der Waals surface area contributed by atoms with Crippen LogP contribution in [0.3, 0.4) is 0 Å². The van der Waals surface area contributed by atoms with Gasteiger partial charge in [-0.25, -0.2) is 0 Å². The van der Waals surface area contributed by atoms with Crippen molar-refractivity contribution in [1.82, 2.24) is 5.32 Å². The van der Waals surface area contributed by atoms with Crippen molar-refractivity contribution >= 4 is 5.91 Å². The maximum Gasteiger partial charge on any atom is 0.238 e. The quantitative estimate of drug-likeness (QED) is 0.770. The zero-order valence-electron chi connectivity index (χ0n) is 11.3. The van der Waals surface area contributed by atoms with Gasteiger partial charge in [-0.1, -0.05) is 32.9 Å². The van der Waals surface area contributed by atoms with Gasteiger partial charge >= 0.3 is 0 Å². The van der Waals surface area contributed by atoms with Gasteiger partial charge in [0.05, 0.1) is 0 Å². The minimum Gasteiger partial charge on any atom is -0.491 e. The molecule has 18 heavy (non-hydrogen) atoms. The maximum atomic E-state index is 11.3. The molecule has 0 saturated heterocycles. The number of carbonyl (C=O) groups is 1. The fourth-order valence-corrected chi connectivity index (χ4v) is 1.65. The zero-order valence-corrected chi connectivity index (χ0v) is 11.3. The van der Waals surface area contributed by atoms with Gasteiger partial charge in [0, 0.05) is 6.04 Å². The molecule has 0 radical (unpaired) electrons. The summed E-state index contributed by atoms with van der Waals surface area (Å²) in [6.45, 7) is 6.27. The van der Waals surface area contributed by atoms with Crippen LogP contribution in [0.15, 0.2) is 24.3 Å². The Morgan fingerprint density at radius 3 is 2.72 bits per heavy atom. The van der Waals surface area contributed by atoms with Gasteiger partial charge in [-0.15, -0.1) is 0 Å². The Labute approximate surface area is 109 Å². The van der Waals surface area contributed by atoms with Crippen molar-refractivity contribution in [2.45, 2.75) is 39.3 Å². The predicted octanol–water partition coefficient (Wildman–Crippen LogP) is 1.48. The largest absolute Gasteiger partial charge is 0.491 e. The summed E-state index contributed by atoms with van der Waals surface area (Å²) in [5.41, 5.74) is 6.53. The van der Waals surface area contributed by atoms with Gasteiger partial charge in [0.2, 0.25) is 5.91 Å². The Hall–Kier alpha value is -1.55. The third-order valence-electron chi connectivity index (χ3n) is 2.60. The number of primary amides is 1. The van der Waals surface area contributed by atoms with Gasteiger partial charge in [-0.3, -0.25) is 4.79 Å². The van der Waals surface area contributed by atoms with Crippen LogP contribution in [-0.2, 0) is 11.2 Å². The molecule has 1 unspecified atom stereocenters. The second-order valence-corrected chi connectivity index (χ2v) is 4.59. The number of ether oxygens (including phenoxy) is 1. The third-order valence-corrected chi connectivity index (χ3v) is 2.60. The Morgan fingerprint density at radius 2 is 2.17 bits per heavy atom. The molecule has 0 aromatic heterocycles. The molecule has 4 nitrogen and oxygen atoms in total. The molecule has 100 valence electrons. The second-order valence-electron chi connectivity index (χ2n) is 4.59. The van der Waals surface area contributed by atoms with Crippen LogP contribution < -0.4 is 15.8 Å². The summed E-state index contributed by atoms with van der Waals surface area (Å²) in [7, 11) is 0. The Morgan fingerprint density at radius 1 is 1.44 bits per heavy atom. The molecule has 1 rings (SSSR count). The lowest BCUT2D eigenvalue weighted by atomic mass is 10.2. The Bertz CT molecular complexity index is 391. The Kier molecular flexibility index (Phi) is 5.65. The number of rotatable bonds is 7. The van der Waals surface area contributed by atoms with E-state index in [0.29, 0.717) is 0 Å². The highest BCUT2D eigenvalue weighted by Crippen LogP contribution is 2.13. The summed E-state index contributed by atoms with van der Waals surface area (Å²) < 4.78 is 5.61. The summed E-state index contributed by atoms with van der Waals surface area (Å²) >= 11 is 0. The molecule has 0 heterocycles. The number of nitrogens with one attached hydrogen (secondary N) is 1. The van der Waals surface area contributed by atoms with Crippen molar-refractivity contribution in [1.29, 1.82) is 0 Å². The van der Waals surface area contributed by atoms with Gasteiger partial charge in [0.1, 0.15) is 18.4 Å². The van der Waals surface area contributed by atoms with Crippen LogP contribution >= 0.6 is 0 Å². The van der Waals surface area contributed by atoms with E-state index in [1.807, 2.05) is 38.1 Å². The molecule has 1 aromatic carbocycles. The van der Waals surface area contributed by atoms with Gasteiger partial charge in [0.15, 0.2) is 0 Å². The van der Waals surface area contributed by atoms with Gasteiger partial charge in [0.25, 0.3) is 0 Å². The first-order chi connectivity index (χ1) is 8.52. The molecule has 0 saturated carbocycles. The molecule has 0 fully saturated rings. The van der Waals surface area contributed by atoms with Crippen molar-refractivity contribution in [3.05, 3.63) is 29.8 Å². The summed E-state index contributed by atoms with van der Waals surface area (Å²) in [6, 6.07) is 7.58. The summed E-state index contributed by atoms with van der Waals surface area (Å²) in [5, 5.41) is 3.08. The number of hydrogen-bond donors (Lipinski definition) is 2. The smallest absolute Gasteiger partial charge is 0.238 e. The van der Waals surface area contributed by atoms with Crippen molar-refractivity contribution in [3.63, 3.8) is 0 Å². The highest BCUT2D eigenvalue weighted by Gasteiger charge is 2.16. The predicted molar refractivity (Wildman–Crippen MR) is 72.6 cm³/mol. The van der Waals surface area contributed by atoms with E-state index >= 15 is 0 Å². The van der Waals surface area contributed by atoms with E-state index in [0.717, 1.165) is 12.2 Å². The zero-order chi connectivity index (χ0) is 13.5. The standard InChI is InChI=1S/C14H22N2O2/c1-4-11-6-5-7-12(8-11)18-9-13(14(15)17)16-10(2)3/h5-8,10,13,16H,4,9H2,1-3H3,(H2,15,17). The van der Waals surface area contributed by atoms with E-state index in [2.05, 4.69) is 12.2 Å². The van der Waals surface area contributed by atoms with Gasteiger partial charge in [-0.2, -0.15) is 0 Å². The summed E-state index contributed by atoms with van der Waals surface area (Å²) in [4.78, 5) is 11.3. The first-order valence-electron chi connectivity index (χ1n) is 6.30. The highest BCUT2D eigenvalue weighted by atomic mass is 16.5. The van der Waals surface area contributed by atoms with E-state index in [-0.39, 0.29) is 12.6 Å². The molecule has 0 aliphatic heterocycles. The normalized spacial score (nSPS) is 12.4. The average molecular weight is 250 g/mol. The fraction of sp³-hybridized carbons (Fsp3) is 0.500. The van der Waals surface area contributed by atoms with E-state index in [4.69, 9.17) is 10.5 Å². The number of aryl methyl sites for hydroxylation is 1. The van der Waals surface area contributed by atoms with Crippen molar-refractivity contribution in [3.8, 4) is 5.75 Å². The molecule has 0 aliphatic carbocycles. The minimum absolute atomic E-state index is 0.188. The lowest BCUT2D eigenvalue weighted by Crippen LogP contribution is -2.48. The maximum absolute atomic E-state index is 11.3. The van der Waals surface area contributed by atoms with Crippen molar-refractivity contribution in [2.24, 2.45) is 5.73 Å². The monoisotopic (exact) mass is 250 g/mol. The number of nitrogens with two attached hydrogens (primary N) is 1. The Balaban J connectivity index is 2.58. The average Bonchev–Trinajstić information content (AvgIpc) is 2.34. The molecule has 0 bridgehead atoms. The molecule has 3 N–H and O–H groups in total. The molecule has 1 aromatic rings. The summed E-state index contributed by atoms with van der Waals surface area (Å²) in [6.07, 6.45) is 0.959. The van der Waals surface area contributed by atoms with Gasteiger partial charge < -0.3 is 15.8 Å². The van der Waals surface area contributed by atoms with Crippen LogP contribution in [-0.4, -0.2) is 24.6 Å². The van der Waals surface area contributed by atoms with Crippen LogP contribution in [0, 0.1) is 0 Å². The van der Waals surface area contributed by atoms with Crippen LogP contribution in [0.5, 0.6) is 5.75 Å². The van der Waals surface area contributed by atoms with Crippen LogP contribution in [0.25, 0.3) is 0 Å². The lowest BCUT2D eigenvalue weighted by Gasteiger charge is -2.18. The first-order valence-corrected chi connectivity index (χ1v) is 6.30. The van der Waals surface area contributed by atoms with E-state index in [1.165, 1.54) is 5.56 Å². The molecule has 1 atom stereocenters. The van der Waals surface area contributed by atoms with Gasteiger partial charge in [-0.05, 0) is 24.1 Å². The fourth-order valence-electron chi connectivity index (χ4n) is 1.65. The number of benzene rings is 1. The topological polar surface area (TPSA) is 64.3 Å². The van der Waals surface area contributed by atoms with Crippen molar-refractivity contribution in [2.75, 3.05) is 6.61 Å². The number of amides is 1. The van der Waals surface area contributed by atoms with E-state index < -0.39 is 11.9 Å². The minimum atomic E-state index is -0.463. The lowest BCUT2D eigenvalue weighted by molar-refractivity contribution is -0.120. The highest BCUT2D eigenvalue weighted by molar-refractivity contribution is 5.80. The van der Waals surface area contributed by atoms with E-state index in [9.17, 15) is 4.79 Å². The van der Waals surface area contributed by atoms with Crippen LogP contribution in [0.4, 0.5) is 0 Å². The first kappa shape index (κ1) is 14.5. The van der Waals surface area contributed by atoms with Crippen molar-refractivity contribution < 1.29 is 9.53 Å². The number of hydrogen-bond acceptors (Lipinski definition) is 3. The summed E-state index contributed by atoms with van der Waals surface area (Å²) in [5.74, 6) is 0.376. The van der Waals surface area contributed by atoms with E-state index in [1.54, 1.807) is 0 Å². The molecular weight excluding hydrogens is 228 g/mol.